The van der Waals surface area contributed by atoms with Crippen molar-refractivity contribution in [2.45, 2.75) is 0 Å². The standard InChI is InChI=1S/C26H21Cl2N3O3S2/c1-30(2)20-6-8-21(9-7-20)31-25(33)23(36-26(31)35)11-16-4-3-5-22(10-16)34-15-24(32)29-19-13-17(27)12-18(28)14-19/h3-14H,15H2,1-2H3,(H,29,32)/b23-11-. The molecule has 10 heteroatoms. The lowest BCUT2D eigenvalue weighted by atomic mass is 10.2. The van der Waals surface area contributed by atoms with Gasteiger partial charge in [-0.1, -0.05) is 59.3 Å². The van der Waals surface area contributed by atoms with Crippen molar-refractivity contribution in [3.8, 4) is 5.75 Å². The predicted molar refractivity (Wildman–Crippen MR) is 153 cm³/mol. The number of thiocarbonyl (C=S) groups is 1. The molecule has 3 aromatic carbocycles. The molecule has 2 amide bonds. The van der Waals surface area contributed by atoms with E-state index in [0.29, 0.717) is 30.7 Å². The van der Waals surface area contributed by atoms with Crippen molar-refractivity contribution in [2.75, 3.05) is 35.8 Å². The Hall–Kier alpha value is -3.04. The number of amides is 2. The molecular weight excluding hydrogens is 537 g/mol. The molecule has 36 heavy (non-hydrogen) atoms. The molecule has 1 heterocycles. The first-order valence-corrected chi connectivity index (χ1v) is 12.7. The number of anilines is 3. The summed E-state index contributed by atoms with van der Waals surface area (Å²) >= 11 is 18.6. The van der Waals surface area contributed by atoms with E-state index in [4.69, 9.17) is 40.2 Å². The molecule has 0 unspecified atom stereocenters. The summed E-state index contributed by atoms with van der Waals surface area (Å²) in [6.45, 7) is -0.210. The average molecular weight is 559 g/mol. The van der Waals surface area contributed by atoms with Crippen LogP contribution in [0.25, 0.3) is 6.08 Å². The van der Waals surface area contributed by atoms with E-state index in [1.807, 2.05) is 49.3 Å². The van der Waals surface area contributed by atoms with E-state index in [9.17, 15) is 9.59 Å². The predicted octanol–water partition coefficient (Wildman–Crippen LogP) is 6.48. The van der Waals surface area contributed by atoms with Crippen molar-refractivity contribution in [3.05, 3.63) is 87.2 Å². The highest BCUT2D eigenvalue weighted by molar-refractivity contribution is 8.27. The van der Waals surface area contributed by atoms with Crippen LogP contribution in [0.3, 0.4) is 0 Å². The Kier molecular flexibility index (Phi) is 8.21. The normalized spacial score (nSPS) is 14.3. The monoisotopic (exact) mass is 557 g/mol. The van der Waals surface area contributed by atoms with Gasteiger partial charge in [-0.25, -0.2) is 0 Å². The molecule has 0 saturated carbocycles. The average Bonchev–Trinajstić information content (AvgIpc) is 3.10. The van der Waals surface area contributed by atoms with Gasteiger partial charge in [0.15, 0.2) is 10.9 Å². The van der Waals surface area contributed by atoms with Crippen LogP contribution in [0.15, 0.2) is 71.6 Å². The van der Waals surface area contributed by atoms with E-state index in [1.54, 1.807) is 42.5 Å². The van der Waals surface area contributed by atoms with Crippen LogP contribution >= 0.6 is 47.2 Å². The van der Waals surface area contributed by atoms with Gasteiger partial charge in [0.25, 0.3) is 11.8 Å². The molecule has 6 nitrogen and oxygen atoms in total. The van der Waals surface area contributed by atoms with Crippen molar-refractivity contribution in [1.29, 1.82) is 0 Å². The minimum Gasteiger partial charge on any atom is -0.484 e. The fourth-order valence-corrected chi connectivity index (χ4v) is 5.23. The van der Waals surface area contributed by atoms with Gasteiger partial charge in [-0.15, -0.1) is 0 Å². The van der Waals surface area contributed by atoms with Crippen molar-refractivity contribution < 1.29 is 14.3 Å². The number of hydrogen-bond donors (Lipinski definition) is 1. The van der Waals surface area contributed by atoms with E-state index in [-0.39, 0.29) is 18.4 Å². The zero-order valence-corrected chi connectivity index (χ0v) is 22.5. The zero-order valence-electron chi connectivity index (χ0n) is 19.3. The van der Waals surface area contributed by atoms with Gasteiger partial charge in [-0.3, -0.25) is 14.5 Å². The maximum Gasteiger partial charge on any atom is 0.270 e. The molecule has 3 aromatic rings. The number of thioether (sulfide) groups is 1. The lowest BCUT2D eigenvalue weighted by Gasteiger charge is -2.17. The minimum atomic E-state index is -0.361. The highest BCUT2D eigenvalue weighted by atomic mass is 35.5. The summed E-state index contributed by atoms with van der Waals surface area (Å²) in [7, 11) is 3.91. The van der Waals surface area contributed by atoms with Crippen LogP contribution in [0, 0.1) is 0 Å². The molecule has 1 fully saturated rings. The molecule has 0 aromatic heterocycles. The largest absolute Gasteiger partial charge is 0.484 e. The van der Waals surface area contributed by atoms with Crippen LogP contribution in [0.1, 0.15) is 5.56 Å². The van der Waals surface area contributed by atoms with Gasteiger partial charge in [0.2, 0.25) is 0 Å². The molecule has 0 radical (unpaired) electrons. The third kappa shape index (κ3) is 6.39. The first-order valence-electron chi connectivity index (χ1n) is 10.7. The topological polar surface area (TPSA) is 61.9 Å². The molecule has 0 aliphatic carbocycles. The summed E-state index contributed by atoms with van der Waals surface area (Å²) in [5.74, 6) is -0.0637. The third-order valence-electron chi connectivity index (χ3n) is 5.09. The number of halogens is 2. The van der Waals surface area contributed by atoms with Crippen LogP contribution < -0.4 is 19.9 Å². The van der Waals surface area contributed by atoms with Gasteiger partial charge >= 0.3 is 0 Å². The van der Waals surface area contributed by atoms with Crippen molar-refractivity contribution >= 4 is 86.5 Å². The van der Waals surface area contributed by atoms with Crippen molar-refractivity contribution in [1.82, 2.24) is 0 Å². The molecule has 0 atom stereocenters. The summed E-state index contributed by atoms with van der Waals surface area (Å²) in [5.41, 5.74) is 2.98. The molecule has 1 aliphatic heterocycles. The fraction of sp³-hybridized carbons (Fsp3) is 0.115. The van der Waals surface area contributed by atoms with Crippen LogP contribution in [0.5, 0.6) is 5.75 Å². The summed E-state index contributed by atoms with van der Waals surface area (Å²) in [6.07, 6.45) is 1.76. The number of nitrogens with zero attached hydrogens (tertiary/aromatic N) is 2. The summed E-state index contributed by atoms with van der Waals surface area (Å²) in [5, 5.41) is 3.53. The Morgan fingerprint density at radius 3 is 2.44 bits per heavy atom. The molecular formula is C26H21Cl2N3O3S2. The van der Waals surface area contributed by atoms with Gasteiger partial charge in [0.1, 0.15) is 5.75 Å². The maximum absolute atomic E-state index is 13.1. The van der Waals surface area contributed by atoms with E-state index >= 15 is 0 Å². The van der Waals surface area contributed by atoms with Crippen molar-refractivity contribution in [3.63, 3.8) is 0 Å². The van der Waals surface area contributed by atoms with Crippen LogP contribution in [0.4, 0.5) is 17.1 Å². The Bertz CT molecular complexity index is 1340. The first kappa shape index (κ1) is 26.0. The second-order valence-electron chi connectivity index (χ2n) is 8.00. The molecule has 0 spiro atoms. The fourth-order valence-electron chi connectivity index (χ4n) is 3.41. The number of carbonyl (C=O) groups excluding carboxylic acids is 2. The number of benzene rings is 3. The molecule has 1 aliphatic rings. The molecule has 184 valence electrons. The Balaban J connectivity index is 1.42. The van der Waals surface area contributed by atoms with Gasteiger partial charge in [0.05, 0.1) is 10.6 Å². The van der Waals surface area contributed by atoms with Crippen LogP contribution in [-0.4, -0.2) is 36.8 Å². The quantitative estimate of drug-likeness (QED) is 0.265. The zero-order chi connectivity index (χ0) is 25.8. The Labute approximate surface area is 228 Å². The first-order chi connectivity index (χ1) is 17.2. The highest BCUT2D eigenvalue weighted by Crippen LogP contribution is 2.36. The van der Waals surface area contributed by atoms with Gasteiger partial charge in [0, 0.05) is 35.5 Å². The van der Waals surface area contributed by atoms with Crippen LogP contribution in [-0.2, 0) is 9.59 Å². The van der Waals surface area contributed by atoms with E-state index in [2.05, 4.69) is 5.32 Å². The minimum absolute atomic E-state index is 0.187. The van der Waals surface area contributed by atoms with Gasteiger partial charge in [-0.2, -0.15) is 0 Å². The van der Waals surface area contributed by atoms with E-state index in [0.717, 1.165) is 16.9 Å². The van der Waals surface area contributed by atoms with E-state index in [1.165, 1.54) is 16.7 Å². The van der Waals surface area contributed by atoms with Crippen LogP contribution in [0.2, 0.25) is 10.0 Å². The van der Waals surface area contributed by atoms with Gasteiger partial charge in [-0.05, 0) is 66.2 Å². The number of rotatable bonds is 7. The molecule has 1 N–H and O–H groups in total. The summed E-state index contributed by atoms with van der Waals surface area (Å²) in [4.78, 5) is 29.4. The van der Waals surface area contributed by atoms with E-state index < -0.39 is 0 Å². The Morgan fingerprint density at radius 2 is 1.78 bits per heavy atom. The SMILES string of the molecule is CN(C)c1ccc(N2C(=O)/C(=C/c3cccc(OCC(=O)Nc4cc(Cl)cc(Cl)c4)c3)SC2=S)cc1. The van der Waals surface area contributed by atoms with Gasteiger partial charge < -0.3 is 15.0 Å². The number of hydrogen-bond acceptors (Lipinski definition) is 6. The lowest BCUT2D eigenvalue weighted by Crippen LogP contribution is -2.27. The van der Waals surface area contributed by atoms with Crippen molar-refractivity contribution in [2.24, 2.45) is 0 Å². The number of nitrogens with one attached hydrogen (secondary N) is 1. The summed E-state index contributed by atoms with van der Waals surface area (Å²) in [6, 6.07) is 19.5. The smallest absolute Gasteiger partial charge is 0.270 e. The third-order valence-corrected chi connectivity index (χ3v) is 6.83. The lowest BCUT2D eigenvalue weighted by molar-refractivity contribution is -0.118. The number of ether oxygens (including phenoxy) is 1. The number of carbonyl (C=O) groups is 2. The summed E-state index contributed by atoms with van der Waals surface area (Å²) < 4.78 is 6.10. The second-order valence-corrected chi connectivity index (χ2v) is 10.5. The second kappa shape index (κ2) is 11.3. The molecule has 1 saturated heterocycles. The maximum atomic E-state index is 13.1. The molecule has 0 bridgehead atoms. The Morgan fingerprint density at radius 1 is 1.08 bits per heavy atom. The molecule has 4 rings (SSSR count). The highest BCUT2D eigenvalue weighted by Gasteiger charge is 2.33.